The van der Waals surface area contributed by atoms with E-state index in [1.807, 2.05) is 18.2 Å². The van der Waals surface area contributed by atoms with Crippen LogP contribution in [0.15, 0.2) is 52.4 Å². The van der Waals surface area contributed by atoms with Crippen molar-refractivity contribution < 1.29 is 17.9 Å². The summed E-state index contributed by atoms with van der Waals surface area (Å²) in [6, 6.07) is 12.3. The van der Waals surface area contributed by atoms with Gasteiger partial charge in [0.15, 0.2) is 17.5 Å². The molecular formula is C19H25IN4O4S. The van der Waals surface area contributed by atoms with Crippen molar-refractivity contribution in [3.8, 4) is 11.5 Å². The van der Waals surface area contributed by atoms with Gasteiger partial charge in [0.05, 0.1) is 18.1 Å². The van der Waals surface area contributed by atoms with E-state index in [0.29, 0.717) is 31.5 Å². The highest BCUT2D eigenvalue weighted by Gasteiger charge is 2.12. The number of aliphatic imine (C=N–C) groups is 1. The van der Waals surface area contributed by atoms with Crippen LogP contribution in [0, 0.1) is 0 Å². The second-order valence-electron chi connectivity index (χ2n) is 6.11. The smallest absolute Gasteiger partial charge is 0.240 e. The highest BCUT2D eigenvalue weighted by Crippen LogP contribution is 2.32. The number of guanidine groups is 1. The van der Waals surface area contributed by atoms with Crippen LogP contribution in [0.1, 0.15) is 12.0 Å². The maximum absolute atomic E-state index is 11.8. The minimum atomic E-state index is -3.43. The molecule has 1 heterocycles. The molecule has 0 fully saturated rings. The van der Waals surface area contributed by atoms with Gasteiger partial charge in [0.1, 0.15) is 0 Å². The molecule has 29 heavy (non-hydrogen) atoms. The van der Waals surface area contributed by atoms with Gasteiger partial charge in [0.2, 0.25) is 10.0 Å². The van der Waals surface area contributed by atoms with Crippen LogP contribution >= 0.6 is 24.0 Å². The molecule has 0 spiro atoms. The monoisotopic (exact) mass is 532 g/mol. The molecule has 1 aliphatic rings. The molecule has 0 aromatic heterocycles. The normalized spacial score (nSPS) is 13.8. The minimum Gasteiger partial charge on any atom is -0.490 e. The molecule has 2 aromatic rings. The predicted molar refractivity (Wildman–Crippen MR) is 124 cm³/mol. The van der Waals surface area contributed by atoms with Gasteiger partial charge in [-0.05, 0) is 36.9 Å². The third kappa shape index (κ3) is 6.21. The summed E-state index contributed by atoms with van der Waals surface area (Å²) in [4.78, 5) is 4.45. The highest BCUT2D eigenvalue weighted by molar-refractivity contribution is 14.0. The second-order valence-corrected chi connectivity index (χ2v) is 8.00. The van der Waals surface area contributed by atoms with Gasteiger partial charge in [-0.15, -0.1) is 24.0 Å². The first-order valence-corrected chi connectivity index (χ1v) is 10.4. The van der Waals surface area contributed by atoms with Crippen molar-refractivity contribution in [2.75, 3.05) is 32.6 Å². The lowest BCUT2D eigenvalue weighted by molar-refractivity contribution is 0.297. The van der Waals surface area contributed by atoms with Crippen LogP contribution in [0.4, 0.5) is 5.69 Å². The Hall–Kier alpha value is -2.05. The van der Waals surface area contributed by atoms with Crippen molar-refractivity contribution in [3.05, 3.63) is 48.0 Å². The number of hydrogen-bond donors (Lipinski definition) is 3. The van der Waals surface area contributed by atoms with Crippen LogP contribution in [0.25, 0.3) is 0 Å². The summed E-state index contributed by atoms with van der Waals surface area (Å²) in [5, 5.41) is 6.41. The number of fused-ring (bicyclic) bond motifs is 1. The van der Waals surface area contributed by atoms with Crippen LogP contribution in [0.2, 0.25) is 0 Å². The van der Waals surface area contributed by atoms with Crippen molar-refractivity contribution in [1.29, 1.82) is 0 Å². The molecule has 10 heteroatoms. The number of sulfonamides is 1. The van der Waals surface area contributed by atoms with Crippen molar-refractivity contribution in [2.24, 2.45) is 4.99 Å². The lowest BCUT2D eigenvalue weighted by atomic mass is 10.2. The van der Waals surface area contributed by atoms with Crippen molar-refractivity contribution in [2.45, 2.75) is 17.9 Å². The number of nitrogens with zero attached hydrogens (tertiary/aromatic N) is 1. The summed E-state index contributed by atoms with van der Waals surface area (Å²) >= 11 is 0. The molecule has 0 radical (unpaired) electrons. The van der Waals surface area contributed by atoms with Crippen LogP contribution in [-0.2, 0) is 16.6 Å². The van der Waals surface area contributed by atoms with E-state index in [9.17, 15) is 8.42 Å². The van der Waals surface area contributed by atoms with E-state index >= 15 is 0 Å². The minimum absolute atomic E-state index is 0. The van der Waals surface area contributed by atoms with Gasteiger partial charge in [0, 0.05) is 31.8 Å². The van der Waals surface area contributed by atoms with Gasteiger partial charge >= 0.3 is 0 Å². The quantitative estimate of drug-likeness (QED) is 0.311. The topological polar surface area (TPSA) is 101 Å². The Morgan fingerprint density at radius 2 is 1.76 bits per heavy atom. The Labute approximate surface area is 188 Å². The summed E-state index contributed by atoms with van der Waals surface area (Å²) in [5.41, 5.74) is 1.75. The number of benzene rings is 2. The molecule has 0 saturated heterocycles. The Morgan fingerprint density at radius 1 is 1.07 bits per heavy atom. The summed E-state index contributed by atoms with van der Waals surface area (Å²) in [5.74, 6) is 2.03. The van der Waals surface area contributed by atoms with Gasteiger partial charge in [-0.3, -0.25) is 4.99 Å². The zero-order valence-corrected chi connectivity index (χ0v) is 19.4. The fourth-order valence-corrected chi connectivity index (χ4v) is 3.38. The number of hydrogen-bond acceptors (Lipinski definition) is 5. The molecule has 158 valence electrons. The van der Waals surface area contributed by atoms with Gasteiger partial charge in [-0.25, -0.2) is 13.1 Å². The molecule has 1 aliphatic heterocycles. The zero-order valence-electron chi connectivity index (χ0n) is 16.3. The summed E-state index contributed by atoms with van der Waals surface area (Å²) in [6.45, 7) is 1.77. The fourth-order valence-electron chi connectivity index (χ4n) is 2.65. The Balaban J connectivity index is 0.00000300. The largest absolute Gasteiger partial charge is 0.490 e. The maximum atomic E-state index is 11.8. The molecule has 0 saturated carbocycles. The Bertz CT molecular complexity index is 949. The molecular weight excluding hydrogens is 507 g/mol. The standard InChI is InChI=1S/C19H24N4O4S.HI/c1-20-19(22-13-14-4-7-16(8-5-14)28(24,25)21-2)23-15-6-9-17-18(12-15)27-11-3-10-26-17;/h4-9,12,21H,3,10-11,13H2,1-2H3,(H2,20,22,23);1H. The van der Waals surface area contributed by atoms with Gasteiger partial charge in [-0.2, -0.15) is 0 Å². The van der Waals surface area contributed by atoms with Crippen LogP contribution in [0.3, 0.4) is 0 Å². The van der Waals surface area contributed by atoms with E-state index in [-0.39, 0.29) is 28.9 Å². The van der Waals surface area contributed by atoms with Crippen LogP contribution < -0.4 is 24.8 Å². The molecule has 0 unspecified atom stereocenters. The molecule has 0 atom stereocenters. The van der Waals surface area contributed by atoms with Crippen LogP contribution in [0.5, 0.6) is 11.5 Å². The molecule has 0 aliphatic carbocycles. The van der Waals surface area contributed by atoms with Crippen molar-refractivity contribution in [1.82, 2.24) is 10.0 Å². The average Bonchev–Trinajstić information content (AvgIpc) is 2.96. The average molecular weight is 532 g/mol. The summed E-state index contributed by atoms with van der Waals surface area (Å²) in [6.07, 6.45) is 0.856. The van der Waals surface area contributed by atoms with E-state index < -0.39 is 10.0 Å². The number of nitrogens with one attached hydrogen (secondary N) is 3. The molecule has 3 N–H and O–H groups in total. The van der Waals surface area contributed by atoms with E-state index in [2.05, 4.69) is 20.3 Å². The Kier molecular flexibility index (Phi) is 8.53. The second kappa shape index (κ2) is 10.6. The van der Waals surface area contributed by atoms with Gasteiger partial charge in [0.25, 0.3) is 0 Å². The lowest BCUT2D eigenvalue weighted by Crippen LogP contribution is -2.30. The Morgan fingerprint density at radius 3 is 2.41 bits per heavy atom. The van der Waals surface area contributed by atoms with Gasteiger partial charge < -0.3 is 20.1 Å². The van der Waals surface area contributed by atoms with Crippen molar-refractivity contribution in [3.63, 3.8) is 0 Å². The summed E-state index contributed by atoms with van der Waals surface area (Å²) < 4.78 is 37.2. The number of ether oxygens (including phenoxy) is 2. The zero-order chi connectivity index (χ0) is 20.0. The molecule has 0 amide bonds. The van der Waals surface area contributed by atoms with Crippen molar-refractivity contribution >= 4 is 45.6 Å². The maximum Gasteiger partial charge on any atom is 0.240 e. The lowest BCUT2D eigenvalue weighted by Gasteiger charge is -2.14. The first kappa shape index (κ1) is 23.2. The molecule has 3 rings (SSSR count). The highest BCUT2D eigenvalue weighted by atomic mass is 127. The van der Waals surface area contributed by atoms with Gasteiger partial charge in [-0.1, -0.05) is 12.1 Å². The fraction of sp³-hybridized carbons (Fsp3) is 0.316. The molecule has 2 aromatic carbocycles. The van der Waals surface area contributed by atoms with E-state index in [1.165, 1.54) is 7.05 Å². The van der Waals surface area contributed by atoms with E-state index in [1.54, 1.807) is 31.3 Å². The SMILES string of the molecule is CN=C(NCc1ccc(S(=O)(=O)NC)cc1)Nc1ccc2c(c1)OCCCO2.I. The van der Waals surface area contributed by atoms with E-state index in [4.69, 9.17) is 9.47 Å². The third-order valence-electron chi connectivity index (χ3n) is 4.20. The van der Waals surface area contributed by atoms with E-state index in [0.717, 1.165) is 23.4 Å². The number of anilines is 1. The molecule has 0 bridgehead atoms. The first-order valence-electron chi connectivity index (χ1n) is 8.91. The third-order valence-corrected chi connectivity index (χ3v) is 5.63. The number of halogens is 1. The van der Waals surface area contributed by atoms with Crippen LogP contribution in [-0.4, -0.2) is 41.7 Å². The summed E-state index contributed by atoms with van der Waals surface area (Å²) in [7, 11) is -0.360. The first-order chi connectivity index (χ1) is 13.5. The molecule has 8 nitrogen and oxygen atoms in total. The number of rotatable bonds is 5. The predicted octanol–water partition coefficient (Wildman–Crippen LogP) is 2.56.